The second kappa shape index (κ2) is 7.25. The van der Waals surface area contributed by atoms with Gasteiger partial charge < -0.3 is 10.6 Å². The molecule has 0 aliphatic carbocycles. The molecular weight excluding hydrogens is 340 g/mol. The first-order valence-corrected chi connectivity index (χ1v) is 8.56. The molecule has 134 valence electrons. The molecule has 4 aromatic rings. The second-order valence-corrected chi connectivity index (χ2v) is 6.01. The molecule has 4 rings (SSSR count). The molecule has 1 amide bonds. The SMILES string of the molecule is CNC(=O)c1ccc(NCc2ccc(-n3cnc4ccccc43)cc2)nn1. The van der Waals surface area contributed by atoms with Gasteiger partial charge >= 0.3 is 0 Å². The van der Waals surface area contributed by atoms with E-state index in [0.29, 0.717) is 18.1 Å². The Morgan fingerprint density at radius 3 is 2.56 bits per heavy atom. The summed E-state index contributed by atoms with van der Waals surface area (Å²) in [6.07, 6.45) is 1.83. The van der Waals surface area contributed by atoms with Crippen LogP contribution in [0.25, 0.3) is 16.7 Å². The Hall–Kier alpha value is -3.74. The molecule has 0 saturated heterocycles. The zero-order valence-electron chi connectivity index (χ0n) is 14.8. The van der Waals surface area contributed by atoms with Gasteiger partial charge in [0.05, 0.1) is 11.0 Å². The van der Waals surface area contributed by atoms with Crippen molar-refractivity contribution < 1.29 is 4.79 Å². The van der Waals surface area contributed by atoms with E-state index in [1.807, 2.05) is 24.5 Å². The van der Waals surface area contributed by atoms with Crippen molar-refractivity contribution in [3.63, 3.8) is 0 Å². The van der Waals surface area contributed by atoms with Crippen LogP contribution in [0.1, 0.15) is 16.1 Å². The lowest BCUT2D eigenvalue weighted by molar-refractivity contribution is 0.0957. The average molecular weight is 358 g/mol. The Morgan fingerprint density at radius 2 is 1.81 bits per heavy atom. The molecule has 0 fully saturated rings. The number of hydrogen-bond acceptors (Lipinski definition) is 5. The quantitative estimate of drug-likeness (QED) is 0.573. The molecule has 2 aromatic heterocycles. The van der Waals surface area contributed by atoms with Gasteiger partial charge in [0.15, 0.2) is 5.69 Å². The number of aromatic nitrogens is 4. The predicted molar refractivity (Wildman–Crippen MR) is 104 cm³/mol. The summed E-state index contributed by atoms with van der Waals surface area (Å²) in [7, 11) is 1.56. The number of imidazole rings is 1. The number of fused-ring (bicyclic) bond motifs is 1. The van der Waals surface area contributed by atoms with Crippen molar-refractivity contribution in [2.45, 2.75) is 6.54 Å². The molecule has 0 saturated carbocycles. The lowest BCUT2D eigenvalue weighted by atomic mass is 10.2. The minimum atomic E-state index is -0.253. The van der Waals surface area contributed by atoms with Crippen LogP contribution in [-0.2, 0) is 6.54 Å². The van der Waals surface area contributed by atoms with Crippen molar-refractivity contribution >= 4 is 22.8 Å². The monoisotopic (exact) mass is 358 g/mol. The summed E-state index contributed by atoms with van der Waals surface area (Å²) in [5.74, 6) is 0.365. The van der Waals surface area contributed by atoms with E-state index in [4.69, 9.17) is 0 Å². The largest absolute Gasteiger partial charge is 0.365 e. The number of carbonyl (C=O) groups is 1. The van der Waals surface area contributed by atoms with Gasteiger partial charge in [-0.05, 0) is 42.0 Å². The van der Waals surface area contributed by atoms with E-state index in [1.54, 1.807) is 19.2 Å². The van der Waals surface area contributed by atoms with Gasteiger partial charge in [-0.2, -0.15) is 0 Å². The number of amides is 1. The van der Waals surface area contributed by atoms with Crippen LogP contribution >= 0.6 is 0 Å². The van der Waals surface area contributed by atoms with Gasteiger partial charge in [-0.3, -0.25) is 9.36 Å². The van der Waals surface area contributed by atoms with E-state index in [2.05, 4.69) is 60.7 Å². The first-order chi connectivity index (χ1) is 13.2. The van der Waals surface area contributed by atoms with Crippen molar-refractivity contribution in [2.75, 3.05) is 12.4 Å². The highest BCUT2D eigenvalue weighted by molar-refractivity contribution is 5.91. The molecule has 2 aromatic carbocycles. The van der Waals surface area contributed by atoms with E-state index in [0.717, 1.165) is 22.3 Å². The van der Waals surface area contributed by atoms with Crippen LogP contribution in [0.2, 0.25) is 0 Å². The van der Waals surface area contributed by atoms with Crippen molar-refractivity contribution in [3.05, 3.63) is 78.2 Å². The Balaban J connectivity index is 1.44. The fourth-order valence-electron chi connectivity index (χ4n) is 2.81. The number of nitrogens with zero attached hydrogens (tertiary/aromatic N) is 4. The molecule has 7 heteroatoms. The molecule has 0 bridgehead atoms. The topological polar surface area (TPSA) is 84.7 Å². The van der Waals surface area contributed by atoms with Crippen LogP contribution < -0.4 is 10.6 Å². The Labute approximate surface area is 156 Å². The maximum absolute atomic E-state index is 11.5. The summed E-state index contributed by atoms with van der Waals surface area (Å²) in [5.41, 5.74) is 4.51. The molecule has 27 heavy (non-hydrogen) atoms. The van der Waals surface area contributed by atoms with Crippen molar-refractivity contribution in [2.24, 2.45) is 0 Å². The van der Waals surface area contributed by atoms with Gasteiger partial charge in [-0.1, -0.05) is 24.3 Å². The van der Waals surface area contributed by atoms with Crippen LogP contribution in [-0.4, -0.2) is 32.7 Å². The summed E-state index contributed by atoms with van der Waals surface area (Å²) in [4.78, 5) is 15.9. The lowest BCUT2D eigenvalue weighted by Crippen LogP contribution is -2.19. The normalized spacial score (nSPS) is 10.7. The summed E-state index contributed by atoms with van der Waals surface area (Å²) < 4.78 is 2.06. The number of para-hydroxylation sites is 2. The second-order valence-electron chi connectivity index (χ2n) is 6.01. The van der Waals surface area contributed by atoms with Crippen molar-refractivity contribution in [3.8, 4) is 5.69 Å². The van der Waals surface area contributed by atoms with Gasteiger partial charge in [-0.15, -0.1) is 10.2 Å². The molecule has 0 spiro atoms. The molecule has 0 unspecified atom stereocenters. The number of rotatable bonds is 5. The molecule has 0 atom stereocenters. The zero-order chi connectivity index (χ0) is 18.6. The van der Waals surface area contributed by atoms with E-state index < -0.39 is 0 Å². The Bertz CT molecular complexity index is 1070. The van der Waals surface area contributed by atoms with Crippen molar-refractivity contribution in [1.82, 2.24) is 25.1 Å². The van der Waals surface area contributed by atoms with Gasteiger partial charge in [0.1, 0.15) is 12.1 Å². The Morgan fingerprint density at radius 1 is 1.00 bits per heavy atom. The maximum Gasteiger partial charge on any atom is 0.271 e. The maximum atomic E-state index is 11.5. The number of anilines is 1. The summed E-state index contributed by atoms with van der Waals surface area (Å²) in [5, 5.41) is 13.6. The molecule has 0 radical (unpaired) electrons. The highest BCUT2D eigenvalue weighted by atomic mass is 16.1. The average Bonchev–Trinajstić information content (AvgIpc) is 3.16. The predicted octanol–water partition coefficient (Wildman–Crippen LogP) is 2.79. The number of nitrogens with one attached hydrogen (secondary N) is 2. The molecule has 0 aliphatic rings. The molecule has 7 nitrogen and oxygen atoms in total. The van der Waals surface area contributed by atoms with Gasteiger partial charge in [0.25, 0.3) is 5.91 Å². The van der Waals surface area contributed by atoms with Crippen molar-refractivity contribution in [1.29, 1.82) is 0 Å². The van der Waals surface area contributed by atoms with E-state index >= 15 is 0 Å². The van der Waals surface area contributed by atoms with Gasteiger partial charge in [-0.25, -0.2) is 4.98 Å². The fraction of sp³-hybridized carbons (Fsp3) is 0.100. The van der Waals surface area contributed by atoms with Crippen LogP contribution in [0.15, 0.2) is 67.0 Å². The first kappa shape index (κ1) is 16.7. The number of carbonyl (C=O) groups excluding carboxylic acids is 1. The Kier molecular flexibility index (Phi) is 4.49. The van der Waals surface area contributed by atoms with Crippen LogP contribution in [0.3, 0.4) is 0 Å². The third kappa shape index (κ3) is 3.48. The lowest BCUT2D eigenvalue weighted by Gasteiger charge is -2.08. The highest BCUT2D eigenvalue weighted by Crippen LogP contribution is 2.18. The highest BCUT2D eigenvalue weighted by Gasteiger charge is 2.06. The molecular formula is C20H18N6O. The summed E-state index contributed by atoms with van der Waals surface area (Å²) in [6, 6.07) is 19.7. The number of hydrogen-bond donors (Lipinski definition) is 2. The van der Waals surface area contributed by atoms with Crippen LogP contribution in [0.4, 0.5) is 5.82 Å². The van der Waals surface area contributed by atoms with Crippen LogP contribution in [0, 0.1) is 0 Å². The fourth-order valence-corrected chi connectivity index (χ4v) is 2.81. The first-order valence-electron chi connectivity index (χ1n) is 8.56. The third-order valence-electron chi connectivity index (χ3n) is 4.27. The minimum absolute atomic E-state index is 0.253. The minimum Gasteiger partial charge on any atom is -0.365 e. The zero-order valence-corrected chi connectivity index (χ0v) is 14.8. The molecule has 0 aliphatic heterocycles. The van der Waals surface area contributed by atoms with Gasteiger partial charge in [0, 0.05) is 19.3 Å². The number of benzene rings is 2. The van der Waals surface area contributed by atoms with Gasteiger partial charge in [0.2, 0.25) is 0 Å². The summed E-state index contributed by atoms with van der Waals surface area (Å²) >= 11 is 0. The standard InChI is InChI=1S/C20H18N6O/c1-21-20(27)17-10-11-19(25-24-17)22-12-14-6-8-15(9-7-14)26-13-23-16-4-2-3-5-18(16)26/h2-11,13H,12H2,1H3,(H,21,27)(H,22,25). The summed E-state index contributed by atoms with van der Waals surface area (Å²) in [6.45, 7) is 0.610. The van der Waals surface area contributed by atoms with Crippen LogP contribution in [0.5, 0.6) is 0 Å². The smallest absolute Gasteiger partial charge is 0.271 e. The van der Waals surface area contributed by atoms with E-state index in [1.165, 1.54) is 0 Å². The van der Waals surface area contributed by atoms with E-state index in [-0.39, 0.29) is 5.91 Å². The molecule has 2 N–H and O–H groups in total. The van der Waals surface area contributed by atoms with E-state index in [9.17, 15) is 4.79 Å². The third-order valence-corrected chi connectivity index (χ3v) is 4.27. The molecule has 2 heterocycles.